The minimum absolute atomic E-state index is 0.00280. The number of carbonyl (C=O) groups excluding carboxylic acids is 1. The lowest BCUT2D eigenvalue weighted by atomic mass is 9.91. The summed E-state index contributed by atoms with van der Waals surface area (Å²) in [7, 11) is 0. The Morgan fingerprint density at radius 1 is 0.787 bits per heavy atom. The topological polar surface area (TPSA) is 91.1 Å². The second-order valence-electron chi connectivity index (χ2n) is 16.6. The van der Waals surface area contributed by atoms with Crippen molar-refractivity contribution in [1.82, 2.24) is 4.58 Å². The number of aromatic carboxylic acids is 1. The van der Waals surface area contributed by atoms with Crippen LogP contribution in [-0.4, -0.2) is 56.4 Å². The van der Waals surface area contributed by atoms with Gasteiger partial charge in [-0.2, -0.15) is 0 Å². The zero-order chi connectivity index (χ0) is 42.6. The van der Waals surface area contributed by atoms with E-state index in [4.69, 9.17) is 9.47 Å². The number of rotatable bonds is 16. The molecule has 0 spiro atoms. The van der Waals surface area contributed by atoms with Crippen LogP contribution < -0.4 is 29.6 Å². The van der Waals surface area contributed by atoms with Gasteiger partial charge in [-0.1, -0.05) is 64.1 Å². The van der Waals surface area contributed by atoms with Gasteiger partial charge in [-0.25, -0.2) is 9.37 Å². The summed E-state index contributed by atoms with van der Waals surface area (Å²) >= 11 is 1.77. The van der Waals surface area contributed by atoms with Gasteiger partial charge < -0.3 is 24.8 Å². The Balaban J connectivity index is 1.01. The van der Waals surface area contributed by atoms with Gasteiger partial charge in [0.1, 0.15) is 24.7 Å². The molecule has 0 unspecified atom stereocenters. The fourth-order valence-corrected chi connectivity index (χ4v) is 10.2. The summed E-state index contributed by atoms with van der Waals surface area (Å²) < 4.78 is 16.1. The van der Waals surface area contributed by atoms with Crippen molar-refractivity contribution < 1.29 is 24.2 Å². The van der Waals surface area contributed by atoms with Crippen molar-refractivity contribution in [3.05, 3.63) is 125 Å². The third-order valence-corrected chi connectivity index (χ3v) is 14.0. The van der Waals surface area contributed by atoms with Crippen LogP contribution in [0, 0.1) is 12.8 Å². The highest BCUT2D eigenvalue weighted by Crippen LogP contribution is 2.45. The summed E-state index contributed by atoms with van der Waals surface area (Å²) in [6.45, 7) is 15.1. The first kappa shape index (κ1) is 42.0. The van der Waals surface area contributed by atoms with Gasteiger partial charge in [0.05, 0.1) is 5.56 Å². The van der Waals surface area contributed by atoms with Crippen LogP contribution in [0.5, 0.6) is 11.5 Å². The summed E-state index contributed by atoms with van der Waals surface area (Å²) in [5.41, 5.74) is 8.75. The van der Waals surface area contributed by atoms with E-state index < -0.39 is 5.97 Å². The zero-order valence-electron chi connectivity index (χ0n) is 36.1. The number of anilines is 2. The number of para-hydroxylation sites is 1. The Hall–Kier alpha value is -5.67. The Morgan fingerprint density at radius 3 is 2.18 bits per heavy atom. The van der Waals surface area contributed by atoms with E-state index >= 15 is 0 Å². The van der Waals surface area contributed by atoms with E-state index in [9.17, 15) is 14.7 Å². The molecule has 2 N–H and O–H groups in total. The molecule has 3 heterocycles. The van der Waals surface area contributed by atoms with Gasteiger partial charge in [0.2, 0.25) is 11.3 Å². The van der Waals surface area contributed by atoms with Gasteiger partial charge in [0.15, 0.2) is 19.0 Å². The van der Waals surface area contributed by atoms with Gasteiger partial charge in [-0.15, -0.1) is 11.3 Å². The number of carboxylic acids is 1. The fraction of sp³-hybridized carbons (Fsp3) is 0.365. The third kappa shape index (κ3) is 8.76. The largest absolute Gasteiger partial charge is 0.490 e. The van der Waals surface area contributed by atoms with Crippen molar-refractivity contribution >= 4 is 44.7 Å². The molecule has 1 amide bonds. The van der Waals surface area contributed by atoms with Gasteiger partial charge in [0.25, 0.3) is 0 Å². The summed E-state index contributed by atoms with van der Waals surface area (Å²) in [4.78, 5) is 29.3. The molecule has 4 aromatic rings. The first-order valence-electron chi connectivity index (χ1n) is 22.2. The average molecular weight is 837 g/mol. The van der Waals surface area contributed by atoms with Crippen molar-refractivity contribution in [1.29, 1.82) is 0 Å². The molecule has 8 rings (SSSR count). The molecule has 2 saturated heterocycles. The lowest BCUT2D eigenvalue weighted by molar-refractivity contribution is -0.121. The van der Waals surface area contributed by atoms with E-state index in [2.05, 4.69) is 103 Å². The van der Waals surface area contributed by atoms with Crippen LogP contribution in [0.15, 0.2) is 97.1 Å². The van der Waals surface area contributed by atoms with E-state index in [0.717, 1.165) is 99.4 Å². The number of ether oxygens (including phenoxy) is 2. The highest BCUT2D eigenvalue weighted by Gasteiger charge is 2.38. The number of hydrogen-bond acceptors (Lipinski definition) is 6. The number of nitrogens with one attached hydrogen (secondary N) is 1. The van der Waals surface area contributed by atoms with Crippen LogP contribution in [0.1, 0.15) is 98.7 Å². The monoisotopic (exact) mass is 836 g/mol. The van der Waals surface area contributed by atoms with E-state index in [1.54, 1.807) is 17.4 Å². The molecule has 4 aromatic carbocycles. The van der Waals surface area contributed by atoms with E-state index in [1.807, 2.05) is 37.3 Å². The molecule has 0 bridgehead atoms. The molecule has 0 atom stereocenters. The summed E-state index contributed by atoms with van der Waals surface area (Å²) in [5.74, 6) is 1.46. The van der Waals surface area contributed by atoms with Crippen LogP contribution in [0.3, 0.4) is 0 Å². The third-order valence-electron chi connectivity index (χ3n) is 12.9. The molecule has 8 nitrogen and oxygen atoms in total. The molecule has 4 aliphatic rings. The maximum atomic E-state index is 13.7. The van der Waals surface area contributed by atoms with Crippen molar-refractivity contribution in [2.45, 2.75) is 78.6 Å². The van der Waals surface area contributed by atoms with Crippen LogP contribution in [0.2, 0.25) is 0 Å². The van der Waals surface area contributed by atoms with Crippen LogP contribution in [-0.2, 0) is 4.79 Å². The number of benzene rings is 5. The number of aryl methyl sites for hydroxylation is 1. The predicted octanol–water partition coefficient (Wildman–Crippen LogP) is 11.2. The molecular formula is C52H58N3O5S+. The van der Waals surface area contributed by atoms with Crippen LogP contribution in [0.4, 0.5) is 11.4 Å². The first-order chi connectivity index (χ1) is 29.7. The Morgan fingerprint density at radius 2 is 1.49 bits per heavy atom. The minimum atomic E-state index is -0.935. The molecular weight excluding hydrogens is 779 g/mol. The van der Waals surface area contributed by atoms with Gasteiger partial charge >= 0.3 is 5.97 Å². The smallest absolute Gasteiger partial charge is 0.335 e. The van der Waals surface area contributed by atoms with Crippen molar-refractivity contribution in [2.75, 3.05) is 49.6 Å². The zero-order valence-corrected chi connectivity index (χ0v) is 36.9. The highest BCUT2D eigenvalue weighted by atomic mass is 32.1. The van der Waals surface area contributed by atoms with E-state index in [1.165, 1.54) is 22.4 Å². The molecule has 0 saturated carbocycles. The van der Waals surface area contributed by atoms with Gasteiger partial charge in [-0.05, 0) is 121 Å². The van der Waals surface area contributed by atoms with Crippen LogP contribution in [0.25, 0.3) is 31.7 Å². The lowest BCUT2D eigenvalue weighted by Gasteiger charge is -2.33. The normalized spacial score (nSPS) is 15.0. The number of carboxylic acid groups (broad SMARTS) is 1. The highest BCUT2D eigenvalue weighted by molar-refractivity contribution is 7.21. The fourth-order valence-electron chi connectivity index (χ4n) is 9.03. The molecule has 2 fully saturated rings. The van der Waals surface area contributed by atoms with Crippen molar-refractivity contribution in [3.8, 4) is 33.1 Å². The predicted molar refractivity (Wildman–Crippen MR) is 250 cm³/mol. The number of amides is 1. The summed E-state index contributed by atoms with van der Waals surface area (Å²) in [6, 6.07) is 33.0. The standard InChI is InChI=1S/C52H57N3O5S/c1-6-34(7-2)41-13-10-11-14-46(41)59-25-26-60-47-28-38(17-20-42(47)35(8-3)9-4)53-51(56)37-31-55(32-37)40-19-22-44-49(30-40)61-48-29-39(54-23-12-24-54)18-21-43(48)50(44)45-27-36(52(57)58)16-15-33(45)5/h10-11,13-22,27-30,34-35,37H,6-9,12,23-26,31-32H2,1-5H3,(H-,53,56,57,58)/p+1. The van der Waals surface area contributed by atoms with Gasteiger partial charge in [-0.3, -0.25) is 4.79 Å². The van der Waals surface area contributed by atoms with Crippen molar-refractivity contribution in [3.63, 3.8) is 0 Å². The molecule has 316 valence electrons. The Bertz CT molecular complexity index is 2600. The molecule has 1 aliphatic carbocycles. The summed E-state index contributed by atoms with van der Waals surface area (Å²) in [6.07, 6.45) is 5.34. The SMILES string of the molecule is CCC(CC)c1ccccc1OCCOc1cc(NC(=O)C2C[N+](=c3ccc4c(-c5cc(C(=O)O)ccc5C)c5ccc(N6CCC6)cc5sc-4c3)C2)ccc1C(CC)CC. The molecule has 0 radical (unpaired) electrons. The molecule has 3 aliphatic heterocycles. The van der Waals surface area contributed by atoms with E-state index in [0.29, 0.717) is 38.1 Å². The maximum absolute atomic E-state index is 13.7. The number of fused-ring (bicyclic) bond motifs is 2. The van der Waals surface area contributed by atoms with Gasteiger partial charge in [0, 0.05) is 63.2 Å². The molecule has 0 aromatic heterocycles. The average Bonchev–Trinajstić information content (AvgIpc) is 3.22. The Kier molecular flexibility index (Phi) is 12.8. The minimum Gasteiger partial charge on any atom is -0.490 e. The number of carbonyl (C=O) groups is 2. The maximum Gasteiger partial charge on any atom is 0.335 e. The Labute approximate surface area is 363 Å². The number of nitrogens with zero attached hydrogens (tertiary/aromatic N) is 2. The second-order valence-corrected chi connectivity index (χ2v) is 17.7. The number of hydrogen-bond donors (Lipinski definition) is 2. The van der Waals surface area contributed by atoms with Crippen molar-refractivity contribution in [2.24, 2.45) is 5.92 Å². The molecule has 9 heteroatoms. The summed E-state index contributed by atoms with van der Waals surface area (Å²) in [5, 5.41) is 15.3. The second kappa shape index (κ2) is 18.5. The van der Waals surface area contributed by atoms with E-state index in [-0.39, 0.29) is 17.4 Å². The quantitative estimate of drug-likeness (QED) is 0.0573. The lowest BCUT2D eigenvalue weighted by Crippen LogP contribution is -2.53. The molecule has 61 heavy (non-hydrogen) atoms. The van der Waals surface area contributed by atoms with Crippen LogP contribution >= 0.6 is 11.3 Å². The first-order valence-corrected chi connectivity index (χ1v) is 23.0.